The number of fused-ring (bicyclic) bond motifs is 1. The van der Waals surface area contributed by atoms with Gasteiger partial charge in [-0.05, 0) is 49.3 Å². The van der Waals surface area contributed by atoms with E-state index in [1.165, 1.54) is 42.6 Å². The number of carbonyl (C=O) groups excluding carboxylic acids is 2. The van der Waals surface area contributed by atoms with Crippen LogP contribution in [0.5, 0.6) is 0 Å². The molecule has 152 valence electrons. The largest absolute Gasteiger partial charge is 0.312 e. The molecule has 5 rings (SSSR count). The Morgan fingerprint density at radius 1 is 1.17 bits per heavy atom. The molecule has 2 fully saturated rings. The van der Waals surface area contributed by atoms with Crippen LogP contribution < -0.4 is 10.2 Å². The van der Waals surface area contributed by atoms with Crippen LogP contribution in [0, 0.1) is 11.8 Å². The monoisotopic (exact) mass is 409 g/mol. The Hall–Kier alpha value is -2.21. The summed E-state index contributed by atoms with van der Waals surface area (Å²) < 4.78 is 0. The molecule has 2 aliphatic carbocycles. The lowest BCUT2D eigenvalue weighted by molar-refractivity contribution is -0.119. The average molecular weight is 410 g/mol. The molecule has 5 nitrogen and oxygen atoms in total. The molecule has 2 amide bonds. The molecule has 1 aromatic heterocycles. The molecule has 2 saturated carbocycles. The molecule has 0 spiro atoms. The highest BCUT2D eigenvalue weighted by atomic mass is 32.1. The van der Waals surface area contributed by atoms with Gasteiger partial charge in [-0.1, -0.05) is 31.7 Å². The van der Waals surface area contributed by atoms with E-state index in [0.717, 1.165) is 55.1 Å². The molecule has 1 aliphatic heterocycles. The van der Waals surface area contributed by atoms with Crippen molar-refractivity contribution in [3.63, 3.8) is 0 Å². The van der Waals surface area contributed by atoms with Gasteiger partial charge in [-0.2, -0.15) is 0 Å². The minimum Gasteiger partial charge on any atom is -0.312 e. The van der Waals surface area contributed by atoms with E-state index in [9.17, 15) is 9.59 Å². The molecular weight excluding hydrogens is 382 g/mol. The summed E-state index contributed by atoms with van der Waals surface area (Å²) in [6.07, 6.45) is 9.73. The highest BCUT2D eigenvalue weighted by Crippen LogP contribution is 2.38. The molecule has 0 unspecified atom stereocenters. The summed E-state index contributed by atoms with van der Waals surface area (Å²) in [4.78, 5) is 31.3. The average Bonchev–Trinajstić information content (AvgIpc) is 3.10. The van der Waals surface area contributed by atoms with Gasteiger partial charge < -0.3 is 10.2 Å². The molecule has 1 aromatic carbocycles. The Balaban J connectivity index is 1.22. The van der Waals surface area contributed by atoms with Crippen LogP contribution in [0.15, 0.2) is 23.6 Å². The molecular formula is C23H27N3O2S. The van der Waals surface area contributed by atoms with Gasteiger partial charge in [0.1, 0.15) is 0 Å². The number of benzene rings is 1. The van der Waals surface area contributed by atoms with E-state index >= 15 is 0 Å². The highest BCUT2D eigenvalue weighted by Gasteiger charge is 2.36. The third-order valence-electron chi connectivity index (χ3n) is 6.47. The first-order chi connectivity index (χ1) is 14.2. The number of hydrogen-bond acceptors (Lipinski definition) is 4. The van der Waals surface area contributed by atoms with Crippen LogP contribution in [-0.2, 0) is 16.0 Å². The maximum Gasteiger partial charge on any atom is 0.230 e. The number of nitrogens with one attached hydrogen (secondary N) is 1. The summed E-state index contributed by atoms with van der Waals surface area (Å²) in [6, 6.07) is 6.24. The number of carbonyl (C=O) groups is 2. The van der Waals surface area contributed by atoms with Gasteiger partial charge in [0, 0.05) is 35.5 Å². The van der Waals surface area contributed by atoms with E-state index in [1.54, 1.807) is 0 Å². The van der Waals surface area contributed by atoms with E-state index < -0.39 is 0 Å². The maximum atomic E-state index is 12.4. The van der Waals surface area contributed by atoms with Crippen LogP contribution in [0.4, 0.5) is 10.8 Å². The second-order valence-corrected chi connectivity index (χ2v) is 9.49. The molecule has 1 N–H and O–H groups in total. The van der Waals surface area contributed by atoms with Crippen molar-refractivity contribution < 1.29 is 9.59 Å². The molecule has 0 saturated heterocycles. The zero-order valence-corrected chi connectivity index (χ0v) is 17.5. The van der Waals surface area contributed by atoms with Gasteiger partial charge >= 0.3 is 0 Å². The predicted octanol–water partition coefficient (Wildman–Crippen LogP) is 5.02. The number of anilines is 2. The van der Waals surface area contributed by atoms with Crippen molar-refractivity contribution in [1.82, 2.24) is 4.98 Å². The zero-order chi connectivity index (χ0) is 19.8. The second kappa shape index (κ2) is 7.90. The van der Waals surface area contributed by atoms with Crippen LogP contribution in [0.2, 0.25) is 0 Å². The summed E-state index contributed by atoms with van der Waals surface area (Å²) in [5.74, 6) is 1.33. The zero-order valence-electron chi connectivity index (χ0n) is 16.7. The smallest absolute Gasteiger partial charge is 0.230 e. The number of nitrogens with zero attached hydrogens (tertiary/aromatic N) is 2. The van der Waals surface area contributed by atoms with Crippen molar-refractivity contribution in [1.29, 1.82) is 0 Å². The summed E-state index contributed by atoms with van der Waals surface area (Å²) >= 11 is 1.47. The predicted molar refractivity (Wildman–Crippen MR) is 116 cm³/mol. The Labute approximate surface area is 175 Å². The standard InChI is InChI=1S/C23H27N3O2S/c27-21(10-5-15-3-1-2-4-15)25-23-24-19(14-29-23)17-8-9-20-18(13-17)11-12-26(20)22(28)16-6-7-16/h8-9,13-16H,1-7,10-12H2,(H,24,25,27). The molecule has 3 aliphatic rings. The minimum absolute atomic E-state index is 0.0704. The van der Waals surface area contributed by atoms with Crippen LogP contribution in [0.1, 0.15) is 56.9 Å². The Kier molecular flexibility index (Phi) is 5.12. The molecule has 0 atom stereocenters. The van der Waals surface area contributed by atoms with Crippen molar-refractivity contribution >= 4 is 34.0 Å². The van der Waals surface area contributed by atoms with Gasteiger partial charge in [0.05, 0.1) is 5.69 Å². The van der Waals surface area contributed by atoms with Gasteiger partial charge in [-0.25, -0.2) is 4.98 Å². The van der Waals surface area contributed by atoms with Crippen molar-refractivity contribution in [2.24, 2.45) is 11.8 Å². The van der Waals surface area contributed by atoms with Crippen molar-refractivity contribution in [2.75, 3.05) is 16.8 Å². The lowest BCUT2D eigenvalue weighted by Crippen LogP contribution is -2.30. The molecule has 6 heteroatoms. The first-order valence-electron chi connectivity index (χ1n) is 10.9. The number of aromatic nitrogens is 1. The maximum absolute atomic E-state index is 12.4. The number of amides is 2. The van der Waals surface area contributed by atoms with Crippen LogP contribution in [0.25, 0.3) is 11.3 Å². The first-order valence-corrected chi connectivity index (χ1v) is 11.8. The second-order valence-electron chi connectivity index (χ2n) is 8.63. The summed E-state index contributed by atoms with van der Waals surface area (Å²) in [5, 5.41) is 5.63. The van der Waals surface area contributed by atoms with Crippen LogP contribution >= 0.6 is 11.3 Å². The van der Waals surface area contributed by atoms with Crippen LogP contribution in [0.3, 0.4) is 0 Å². The van der Waals surface area contributed by atoms with E-state index in [-0.39, 0.29) is 17.7 Å². The van der Waals surface area contributed by atoms with E-state index in [2.05, 4.69) is 22.4 Å². The van der Waals surface area contributed by atoms with E-state index in [1.807, 2.05) is 16.3 Å². The van der Waals surface area contributed by atoms with E-state index in [4.69, 9.17) is 0 Å². The van der Waals surface area contributed by atoms with Gasteiger partial charge in [0.15, 0.2) is 5.13 Å². The quantitative estimate of drug-likeness (QED) is 0.729. The summed E-state index contributed by atoms with van der Waals surface area (Å²) in [7, 11) is 0. The topological polar surface area (TPSA) is 62.3 Å². The fraction of sp³-hybridized carbons (Fsp3) is 0.522. The minimum atomic E-state index is 0.0704. The van der Waals surface area contributed by atoms with Gasteiger partial charge in [0.25, 0.3) is 0 Å². The molecule has 0 radical (unpaired) electrons. The van der Waals surface area contributed by atoms with Gasteiger partial charge in [-0.3, -0.25) is 9.59 Å². The van der Waals surface area contributed by atoms with Crippen molar-refractivity contribution in [3.8, 4) is 11.3 Å². The first kappa shape index (κ1) is 18.8. The number of rotatable bonds is 6. The summed E-state index contributed by atoms with van der Waals surface area (Å²) in [6.45, 7) is 0.785. The Morgan fingerprint density at radius 2 is 2.00 bits per heavy atom. The lowest BCUT2D eigenvalue weighted by atomic mass is 10.0. The van der Waals surface area contributed by atoms with Gasteiger partial charge in [-0.15, -0.1) is 11.3 Å². The normalized spacial score (nSPS) is 18.8. The fourth-order valence-electron chi connectivity index (χ4n) is 4.62. The van der Waals surface area contributed by atoms with Gasteiger partial charge in [0.2, 0.25) is 11.8 Å². The third-order valence-corrected chi connectivity index (χ3v) is 7.23. The van der Waals surface area contributed by atoms with Crippen molar-refractivity contribution in [2.45, 2.75) is 57.8 Å². The van der Waals surface area contributed by atoms with Crippen molar-refractivity contribution in [3.05, 3.63) is 29.1 Å². The molecule has 2 heterocycles. The fourth-order valence-corrected chi connectivity index (χ4v) is 5.36. The highest BCUT2D eigenvalue weighted by molar-refractivity contribution is 7.14. The van der Waals surface area contributed by atoms with E-state index in [0.29, 0.717) is 11.6 Å². The molecule has 29 heavy (non-hydrogen) atoms. The Morgan fingerprint density at radius 3 is 2.79 bits per heavy atom. The SMILES string of the molecule is O=C(CCC1CCCC1)Nc1nc(-c2ccc3c(c2)CCN3C(=O)C2CC2)cs1. The molecule has 0 bridgehead atoms. The molecule has 2 aromatic rings. The lowest BCUT2D eigenvalue weighted by Gasteiger charge is -2.17. The number of hydrogen-bond donors (Lipinski definition) is 1. The van der Waals surface area contributed by atoms with Crippen LogP contribution in [-0.4, -0.2) is 23.3 Å². The summed E-state index contributed by atoms with van der Waals surface area (Å²) in [5.41, 5.74) is 4.20. The Bertz CT molecular complexity index is 928. The number of thiazole rings is 1. The third kappa shape index (κ3) is 4.08.